The second kappa shape index (κ2) is 8.67. The summed E-state index contributed by atoms with van der Waals surface area (Å²) in [6, 6.07) is 7.13. The van der Waals surface area contributed by atoms with Gasteiger partial charge in [-0.25, -0.2) is 4.85 Å². The predicted octanol–water partition coefficient (Wildman–Crippen LogP) is 2.92. The molecule has 5 rings (SSSR count). The van der Waals surface area contributed by atoms with Crippen molar-refractivity contribution in [1.29, 1.82) is 0 Å². The Hall–Kier alpha value is -4.13. The zero-order chi connectivity index (χ0) is 23.8. The SMILES string of the molecule is [C-]#[N+]c1coc(C(=O)N2CCC(Oc3cccc4c(C5CCC(=O)NC5=O)nn(C)c34)CC2)c1. The second-order valence-electron chi connectivity index (χ2n) is 8.56. The number of benzene rings is 1. The molecule has 2 aromatic heterocycles. The molecule has 2 aliphatic rings. The molecule has 2 saturated heterocycles. The van der Waals surface area contributed by atoms with Crippen molar-refractivity contribution in [3.63, 3.8) is 0 Å². The molecule has 34 heavy (non-hydrogen) atoms. The molecule has 1 aromatic carbocycles. The molecule has 174 valence electrons. The minimum absolute atomic E-state index is 0.0843. The Labute approximate surface area is 195 Å². The molecule has 0 aliphatic carbocycles. The van der Waals surface area contributed by atoms with Crippen LogP contribution >= 0.6 is 0 Å². The first-order valence-corrected chi connectivity index (χ1v) is 11.2. The van der Waals surface area contributed by atoms with Gasteiger partial charge in [0.15, 0.2) is 5.76 Å². The maximum atomic E-state index is 12.6. The number of nitrogens with one attached hydrogen (secondary N) is 1. The van der Waals surface area contributed by atoms with Gasteiger partial charge in [-0.1, -0.05) is 12.1 Å². The fraction of sp³-hybridized carbons (Fsp3) is 0.375. The Balaban J connectivity index is 1.30. The summed E-state index contributed by atoms with van der Waals surface area (Å²) in [5, 5.41) is 7.83. The van der Waals surface area contributed by atoms with Crippen LogP contribution in [0.3, 0.4) is 0 Å². The quantitative estimate of drug-likeness (QED) is 0.472. The Morgan fingerprint density at radius 1 is 1.26 bits per heavy atom. The highest BCUT2D eigenvalue weighted by Crippen LogP contribution is 2.35. The molecule has 3 amide bonds. The molecule has 1 atom stereocenters. The number of nitrogens with zero attached hydrogens (tertiary/aromatic N) is 4. The van der Waals surface area contributed by atoms with Gasteiger partial charge in [0.05, 0.1) is 24.4 Å². The van der Waals surface area contributed by atoms with Crippen LogP contribution in [0.1, 0.15) is 47.8 Å². The number of carbonyl (C=O) groups excluding carboxylic acids is 3. The van der Waals surface area contributed by atoms with Crippen LogP contribution in [-0.4, -0.2) is 51.6 Å². The van der Waals surface area contributed by atoms with Crippen LogP contribution < -0.4 is 10.1 Å². The van der Waals surface area contributed by atoms with E-state index >= 15 is 0 Å². The van der Waals surface area contributed by atoms with Gasteiger partial charge in [-0.05, 0) is 18.6 Å². The largest absolute Gasteiger partial charge is 0.488 e. The zero-order valence-electron chi connectivity index (χ0n) is 18.6. The van der Waals surface area contributed by atoms with Gasteiger partial charge in [-0.15, -0.1) is 0 Å². The van der Waals surface area contributed by atoms with E-state index < -0.39 is 5.92 Å². The van der Waals surface area contributed by atoms with E-state index in [-0.39, 0.29) is 29.6 Å². The van der Waals surface area contributed by atoms with Crippen molar-refractivity contribution in [3.8, 4) is 5.75 Å². The summed E-state index contributed by atoms with van der Waals surface area (Å²) in [6.45, 7) is 8.04. The van der Waals surface area contributed by atoms with Crippen LogP contribution in [0.25, 0.3) is 15.7 Å². The number of likely N-dealkylation sites (tertiary alicyclic amines) is 1. The van der Waals surface area contributed by atoms with E-state index in [1.165, 1.54) is 12.3 Å². The molecule has 0 spiro atoms. The molecule has 2 aliphatic heterocycles. The number of imide groups is 1. The standard InChI is InChI=1S/C24H23N5O5/c1-25-14-12-19(33-13-14)24(32)29-10-8-15(9-11-29)34-18-5-3-4-16-21(27-28(2)22(16)18)17-6-7-20(30)26-23(17)31/h3-5,12-13,15,17H,6-11H2,2H3,(H,26,30,31). The highest BCUT2D eigenvalue weighted by Gasteiger charge is 2.32. The number of rotatable bonds is 4. The van der Waals surface area contributed by atoms with E-state index in [1.807, 2.05) is 25.2 Å². The molecule has 4 heterocycles. The lowest BCUT2D eigenvalue weighted by Gasteiger charge is -2.31. The average Bonchev–Trinajstić information content (AvgIpc) is 3.45. The number of amides is 3. The van der Waals surface area contributed by atoms with Crippen molar-refractivity contribution < 1.29 is 23.5 Å². The second-order valence-corrected chi connectivity index (χ2v) is 8.56. The summed E-state index contributed by atoms with van der Waals surface area (Å²) in [5.74, 6) is -0.435. The smallest absolute Gasteiger partial charge is 0.288 e. The Morgan fingerprint density at radius 3 is 2.76 bits per heavy atom. The van der Waals surface area contributed by atoms with Crippen LogP contribution in [0.5, 0.6) is 5.75 Å². The lowest BCUT2D eigenvalue weighted by Crippen LogP contribution is -2.41. The Kier molecular flexibility index (Phi) is 5.53. The third-order valence-electron chi connectivity index (χ3n) is 6.37. The van der Waals surface area contributed by atoms with Gasteiger partial charge in [0.2, 0.25) is 17.5 Å². The summed E-state index contributed by atoms with van der Waals surface area (Å²) >= 11 is 0. The number of aromatic nitrogens is 2. The van der Waals surface area contributed by atoms with Crippen LogP contribution in [-0.2, 0) is 16.6 Å². The van der Waals surface area contributed by atoms with Gasteiger partial charge in [-0.2, -0.15) is 5.10 Å². The van der Waals surface area contributed by atoms with Gasteiger partial charge in [0.25, 0.3) is 5.91 Å². The van der Waals surface area contributed by atoms with E-state index in [0.717, 1.165) is 10.9 Å². The first-order valence-electron chi connectivity index (χ1n) is 11.2. The van der Waals surface area contributed by atoms with Crippen molar-refractivity contribution in [2.45, 2.75) is 37.7 Å². The topological polar surface area (TPSA) is 111 Å². The van der Waals surface area contributed by atoms with E-state index in [0.29, 0.717) is 55.9 Å². The highest BCUT2D eigenvalue weighted by atomic mass is 16.5. The van der Waals surface area contributed by atoms with Crippen molar-refractivity contribution in [1.82, 2.24) is 20.0 Å². The van der Waals surface area contributed by atoms with Crippen molar-refractivity contribution in [2.75, 3.05) is 13.1 Å². The van der Waals surface area contributed by atoms with Gasteiger partial charge < -0.3 is 14.1 Å². The fourth-order valence-electron chi connectivity index (χ4n) is 4.64. The van der Waals surface area contributed by atoms with E-state index in [9.17, 15) is 14.4 Å². The number of fused-ring (bicyclic) bond motifs is 1. The molecule has 0 saturated carbocycles. The molecular weight excluding hydrogens is 438 g/mol. The van der Waals surface area contributed by atoms with Crippen molar-refractivity contribution in [3.05, 3.63) is 53.4 Å². The number of hydrogen-bond donors (Lipinski definition) is 1. The van der Waals surface area contributed by atoms with Crippen LogP contribution in [0.15, 0.2) is 34.9 Å². The fourth-order valence-corrected chi connectivity index (χ4v) is 4.64. The molecule has 3 aromatic rings. The molecule has 0 bridgehead atoms. The minimum Gasteiger partial charge on any atom is -0.488 e. The lowest BCUT2D eigenvalue weighted by atomic mass is 9.93. The average molecular weight is 461 g/mol. The summed E-state index contributed by atoms with van der Waals surface area (Å²) in [7, 11) is 1.81. The van der Waals surface area contributed by atoms with Crippen LogP contribution in [0.4, 0.5) is 5.69 Å². The van der Waals surface area contributed by atoms with Crippen LogP contribution in [0.2, 0.25) is 0 Å². The molecule has 10 nitrogen and oxygen atoms in total. The maximum Gasteiger partial charge on any atom is 0.288 e. The van der Waals surface area contributed by atoms with Gasteiger partial charge >= 0.3 is 0 Å². The monoisotopic (exact) mass is 461 g/mol. The number of piperidine rings is 2. The van der Waals surface area contributed by atoms with Crippen molar-refractivity contribution >= 4 is 34.3 Å². The summed E-state index contributed by atoms with van der Waals surface area (Å²) in [4.78, 5) is 41.6. The first kappa shape index (κ1) is 21.7. The van der Waals surface area contributed by atoms with Gasteiger partial charge in [0, 0.05) is 44.8 Å². The molecule has 10 heteroatoms. The summed E-state index contributed by atoms with van der Waals surface area (Å²) in [6.07, 6.45) is 3.22. The van der Waals surface area contributed by atoms with E-state index in [4.69, 9.17) is 15.7 Å². The minimum atomic E-state index is -0.476. The molecule has 1 unspecified atom stereocenters. The number of hydrogen-bond acceptors (Lipinski definition) is 6. The van der Waals surface area contributed by atoms with E-state index in [1.54, 1.807) is 9.58 Å². The predicted molar refractivity (Wildman–Crippen MR) is 120 cm³/mol. The third kappa shape index (κ3) is 3.90. The molecular formula is C24H23N5O5. The number of aryl methyl sites for hydroxylation is 1. The Bertz CT molecular complexity index is 1330. The molecule has 2 fully saturated rings. The van der Waals surface area contributed by atoms with Crippen LogP contribution in [0, 0.1) is 6.57 Å². The number of furan rings is 1. The summed E-state index contributed by atoms with van der Waals surface area (Å²) in [5.41, 5.74) is 1.75. The molecule has 0 radical (unpaired) electrons. The van der Waals surface area contributed by atoms with Crippen molar-refractivity contribution in [2.24, 2.45) is 7.05 Å². The normalized spacial score (nSPS) is 19.2. The van der Waals surface area contributed by atoms with Gasteiger partial charge in [-0.3, -0.25) is 24.4 Å². The number of ether oxygens (including phenoxy) is 1. The first-order chi connectivity index (χ1) is 16.4. The molecule has 1 N–H and O–H groups in total. The zero-order valence-corrected chi connectivity index (χ0v) is 18.6. The van der Waals surface area contributed by atoms with Gasteiger partial charge in [0.1, 0.15) is 17.4 Å². The van der Waals surface area contributed by atoms with E-state index in [2.05, 4.69) is 15.3 Å². The number of para-hydroxylation sites is 1. The maximum absolute atomic E-state index is 12.6. The summed E-state index contributed by atoms with van der Waals surface area (Å²) < 4.78 is 13.3. The third-order valence-corrected chi connectivity index (χ3v) is 6.37. The lowest BCUT2D eigenvalue weighted by molar-refractivity contribution is -0.134. The number of carbonyl (C=O) groups is 3. The highest BCUT2D eigenvalue weighted by molar-refractivity contribution is 6.03. The Morgan fingerprint density at radius 2 is 2.06 bits per heavy atom.